The van der Waals surface area contributed by atoms with Crippen molar-refractivity contribution in [1.82, 2.24) is 9.55 Å². The fourth-order valence-corrected chi connectivity index (χ4v) is 3.60. The summed E-state index contributed by atoms with van der Waals surface area (Å²) in [5.74, 6) is 0. The van der Waals surface area contributed by atoms with Crippen LogP contribution in [0.3, 0.4) is 0 Å². The lowest BCUT2D eigenvalue weighted by molar-refractivity contribution is 0.275. The maximum atomic E-state index is 6.39. The van der Waals surface area contributed by atoms with Crippen molar-refractivity contribution in [2.75, 3.05) is 0 Å². The van der Waals surface area contributed by atoms with Crippen LogP contribution in [0.2, 0.25) is 0 Å². The van der Waals surface area contributed by atoms with E-state index in [1.165, 1.54) is 22.5 Å². The van der Waals surface area contributed by atoms with E-state index in [0.29, 0.717) is 5.41 Å². The molecular formula is C18H25N3. The minimum Gasteiger partial charge on any atom is -0.348 e. The highest BCUT2D eigenvalue weighted by molar-refractivity contribution is 5.34. The molecule has 3 nitrogen and oxygen atoms in total. The lowest BCUT2D eigenvalue weighted by Crippen LogP contribution is -2.30. The highest BCUT2D eigenvalue weighted by atomic mass is 15.0. The number of hydrogen-bond donors (Lipinski definition) is 1. The van der Waals surface area contributed by atoms with Crippen LogP contribution in [0.15, 0.2) is 30.6 Å². The highest BCUT2D eigenvalue weighted by Crippen LogP contribution is 2.40. The summed E-state index contributed by atoms with van der Waals surface area (Å²) in [5, 5.41) is 0. The average Bonchev–Trinajstić information content (AvgIpc) is 2.73. The molecule has 1 aliphatic carbocycles. The second-order valence-electron chi connectivity index (χ2n) is 7.10. The summed E-state index contributed by atoms with van der Waals surface area (Å²) < 4.78 is 2.46. The van der Waals surface area contributed by atoms with Crippen molar-refractivity contribution in [3.8, 4) is 0 Å². The van der Waals surface area contributed by atoms with Crippen LogP contribution in [0.25, 0.3) is 0 Å². The standard InChI is InChI=1S/C18H25N3/c1-13-9-15-16(19)10-18(2,3)11-17(15)21(13)8-6-14-5-4-7-20-12-14/h4-5,7,9,12,16H,6,8,10-11,19H2,1-3H3. The number of fused-ring (bicyclic) bond motifs is 1. The molecule has 0 fully saturated rings. The van der Waals surface area contributed by atoms with Crippen LogP contribution in [-0.2, 0) is 19.4 Å². The lowest BCUT2D eigenvalue weighted by atomic mass is 9.74. The predicted molar refractivity (Wildman–Crippen MR) is 86.1 cm³/mol. The van der Waals surface area contributed by atoms with Crippen LogP contribution in [0.1, 0.15) is 48.8 Å². The van der Waals surface area contributed by atoms with Crippen LogP contribution in [0.5, 0.6) is 0 Å². The molecule has 1 aliphatic rings. The second kappa shape index (κ2) is 5.30. The predicted octanol–water partition coefficient (Wildman–Crippen LogP) is 3.41. The Balaban J connectivity index is 1.86. The third kappa shape index (κ3) is 2.88. The lowest BCUT2D eigenvalue weighted by Gasteiger charge is -2.34. The van der Waals surface area contributed by atoms with Crippen molar-refractivity contribution in [3.05, 3.63) is 53.1 Å². The van der Waals surface area contributed by atoms with Crippen molar-refractivity contribution >= 4 is 0 Å². The Kier molecular flexibility index (Phi) is 3.62. The van der Waals surface area contributed by atoms with Gasteiger partial charge >= 0.3 is 0 Å². The van der Waals surface area contributed by atoms with Crippen LogP contribution >= 0.6 is 0 Å². The van der Waals surface area contributed by atoms with E-state index < -0.39 is 0 Å². The van der Waals surface area contributed by atoms with E-state index in [4.69, 9.17) is 5.73 Å². The molecule has 0 amide bonds. The number of aryl methyl sites for hydroxylation is 2. The van der Waals surface area contributed by atoms with Gasteiger partial charge in [0.15, 0.2) is 0 Å². The van der Waals surface area contributed by atoms with Crippen molar-refractivity contribution in [1.29, 1.82) is 0 Å². The van der Waals surface area contributed by atoms with Crippen LogP contribution in [0.4, 0.5) is 0 Å². The Morgan fingerprint density at radius 3 is 2.95 bits per heavy atom. The molecule has 21 heavy (non-hydrogen) atoms. The minimum atomic E-state index is 0.182. The van der Waals surface area contributed by atoms with E-state index in [9.17, 15) is 0 Å². The van der Waals surface area contributed by atoms with Gasteiger partial charge in [0.1, 0.15) is 0 Å². The van der Waals surface area contributed by atoms with Crippen molar-refractivity contribution in [2.24, 2.45) is 11.1 Å². The van der Waals surface area contributed by atoms with E-state index in [-0.39, 0.29) is 6.04 Å². The summed E-state index contributed by atoms with van der Waals surface area (Å²) in [6, 6.07) is 6.63. The first-order valence-electron chi connectivity index (χ1n) is 7.80. The number of nitrogens with zero attached hydrogens (tertiary/aromatic N) is 2. The number of aromatic nitrogens is 2. The Morgan fingerprint density at radius 2 is 2.24 bits per heavy atom. The fraction of sp³-hybridized carbons (Fsp3) is 0.500. The van der Waals surface area contributed by atoms with Crippen LogP contribution in [0, 0.1) is 12.3 Å². The van der Waals surface area contributed by atoms with E-state index in [1.54, 1.807) is 0 Å². The zero-order valence-corrected chi connectivity index (χ0v) is 13.3. The zero-order valence-electron chi connectivity index (χ0n) is 13.3. The average molecular weight is 283 g/mol. The molecule has 0 aliphatic heterocycles. The maximum absolute atomic E-state index is 6.39. The van der Waals surface area contributed by atoms with Gasteiger partial charge in [-0.25, -0.2) is 0 Å². The normalized spacial score (nSPS) is 20.3. The summed E-state index contributed by atoms with van der Waals surface area (Å²) >= 11 is 0. The third-order valence-corrected chi connectivity index (χ3v) is 4.61. The van der Waals surface area contributed by atoms with E-state index in [2.05, 4.69) is 42.5 Å². The molecule has 2 heterocycles. The molecule has 0 spiro atoms. The highest BCUT2D eigenvalue weighted by Gasteiger charge is 2.33. The number of rotatable bonds is 3. The minimum absolute atomic E-state index is 0.182. The molecule has 2 aromatic heterocycles. The van der Waals surface area contributed by atoms with Crippen molar-refractivity contribution < 1.29 is 0 Å². The molecule has 0 saturated heterocycles. The van der Waals surface area contributed by atoms with Gasteiger partial charge in [0.05, 0.1) is 0 Å². The first kappa shape index (κ1) is 14.3. The molecule has 3 heteroatoms. The summed E-state index contributed by atoms with van der Waals surface area (Å²) in [4.78, 5) is 4.20. The van der Waals surface area contributed by atoms with Crippen molar-refractivity contribution in [2.45, 2.75) is 52.6 Å². The van der Waals surface area contributed by atoms with E-state index in [0.717, 1.165) is 25.8 Å². The van der Waals surface area contributed by atoms with Gasteiger partial charge in [-0.15, -0.1) is 0 Å². The first-order chi connectivity index (χ1) is 9.96. The van der Waals surface area contributed by atoms with Crippen LogP contribution < -0.4 is 5.73 Å². The fourth-order valence-electron chi connectivity index (χ4n) is 3.60. The van der Waals surface area contributed by atoms with Crippen molar-refractivity contribution in [3.63, 3.8) is 0 Å². The molecule has 1 atom stereocenters. The molecule has 0 saturated carbocycles. The summed E-state index contributed by atoms with van der Waals surface area (Å²) in [6.07, 6.45) is 7.00. The molecule has 1 unspecified atom stereocenters. The SMILES string of the molecule is Cc1cc2c(n1CCc1cccnc1)CC(C)(C)CC2N. The monoisotopic (exact) mass is 283 g/mol. The molecule has 0 bridgehead atoms. The quantitative estimate of drug-likeness (QED) is 0.938. The van der Waals surface area contributed by atoms with E-state index >= 15 is 0 Å². The third-order valence-electron chi connectivity index (χ3n) is 4.61. The topological polar surface area (TPSA) is 43.8 Å². The molecule has 2 N–H and O–H groups in total. The molecule has 112 valence electrons. The largest absolute Gasteiger partial charge is 0.348 e. The summed E-state index contributed by atoms with van der Waals surface area (Å²) in [7, 11) is 0. The van der Waals surface area contributed by atoms with Gasteiger partial charge in [0.25, 0.3) is 0 Å². The summed E-state index contributed by atoms with van der Waals surface area (Å²) in [6.45, 7) is 7.85. The molecule has 2 aromatic rings. The van der Waals surface area contributed by atoms with Gasteiger partial charge in [-0.05, 0) is 54.9 Å². The summed E-state index contributed by atoms with van der Waals surface area (Å²) in [5.41, 5.74) is 12.1. The molecule has 0 aromatic carbocycles. The van der Waals surface area contributed by atoms with Crippen LogP contribution in [-0.4, -0.2) is 9.55 Å². The smallest absolute Gasteiger partial charge is 0.0318 e. The van der Waals surface area contributed by atoms with Gasteiger partial charge in [-0.3, -0.25) is 4.98 Å². The Bertz CT molecular complexity index is 625. The Morgan fingerprint density at radius 1 is 1.43 bits per heavy atom. The van der Waals surface area contributed by atoms with Gasteiger partial charge < -0.3 is 10.3 Å². The molecule has 0 radical (unpaired) electrons. The molecule has 3 rings (SSSR count). The van der Waals surface area contributed by atoms with E-state index in [1.807, 2.05) is 18.5 Å². The Hall–Kier alpha value is -1.61. The molecular weight excluding hydrogens is 258 g/mol. The number of hydrogen-bond acceptors (Lipinski definition) is 2. The maximum Gasteiger partial charge on any atom is 0.0318 e. The first-order valence-corrected chi connectivity index (χ1v) is 7.80. The Labute approximate surface area is 127 Å². The van der Waals surface area contributed by atoms with Gasteiger partial charge in [0.2, 0.25) is 0 Å². The van der Waals surface area contributed by atoms with Gasteiger partial charge in [0, 0.05) is 36.4 Å². The van der Waals surface area contributed by atoms with Gasteiger partial charge in [-0.2, -0.15) is 0 Å². The second-order valence-corrected chi connectivity index (χ2v) is 7.10. The zero-order chi connectivity index (χ0) is 15.0. The number of nitrogens with two attached hydrogens (primary N) is 1. The van der Waals surface area contributed by atoms with Gasteiger partial charge in [-0.1, -0.05) is 19.9 Å². The number of pyridine rings is 1.